The Kier molecular flexibility index (Phi) is 6.45. The van der Waals surface area contributed by atoms with Crippen LogP contribution in [-0.4, -0.2) is 40.0 Å². The third-order valence-corrected chi connectivity index (χ3v) is 5.45. The van der Waals surface area contributed by atoms with E-state index in [0.717, 1.165) is 44.7 Å². The van der Waals surface area contributed by atoms with Gasteiger partial charge in [0.1, 0.15) is 0 Å². The van der Waals surface area contributed by atoms with Crippen LogP contribution in [0.4, 0.5) is 0 Å². The molecule has 1 amide bonds. The number of likely N-dealkylation sites (tertiary alicyclic amines) is 1. The highest BCUT2D eigenvalue weighted by Crippen LogP contribution is 2.21. The van der Waals surface area contributed by atoms with E-state index in [9.17, 15) is 4.79 Å². The molecule has 1 fully saturated rings. The molecule has 0 saturated carbocycles. The summed E-state index contributed by atoms with van der Waals surface area (Å²) in [6.45, 7) is 8.71. The topological polar surface area (TPSA) is 50.2 Å². The van der Waals surface area contributed by atoms with Gasteiger partial charge in [0.05, 0.1) is 12.0 Å². The van der Waals surface area contributed by atoms with Gasteiger partial charge in [0.15, 0.2) is 0 Å². The average molecular weight is 354 g/mol. The number of hydrogen-bond donors (Lipinski definition) is 1. The van der Waals surface area contributed by atoms with Crippen LogP contribution in [0.15, 0.2) is 36.7 Å². The molecular formula is C21H30N4O. The summed E-state index contributed by atoms with van der Waals surface area (Å²) in [5.74, 6) is 0.695. The van der Waals surface area contributed by atoms with Crippen molar-refractivity contribution >= 4 is 5.91 Å². The van der Waals surface area contributed by atoms with Crippen molar-refractivity contribution in [1.82, 2.24) is 19.8 Å². The van der Waals surface area contributed by atoms with Crippen molar-refractivity contribution in [3.8, 4) is 0 Å². The number of nitrogens with one attached hydrogen (secondary N) is 1. The van der Waals surface area contributed by atoms with Crippen molar-refractivity contribution in [3.63, 3.8) is 0 Å². The van der Waals surface area contributed by atoms with Crippen LogP contribution in [-0.2, 0) is 17.9 Å². The molecule has 0 spiro atoms. The average Bonchev–Trinajstić information content (AvgIpc) is 2.96. The highest BCUT2D eigenvalue weighted by molar-refractivity contribution is 5.76. The Hall–Kier alpha value is -2.14. The summed E-state index contributed by atoms with van der Waals surface area (Å²) < 4.78 is 2.09. The van der Waals surface area contributed by atoms with Crippen molar-refractivity contribution in [2.24, 2.45) is 5.92 Å². The Balaban J connectivity index is 1.33. The number of rotatable bonds is 7. The van der Waals surface area contributed by atoms with Gasteiger partial charge < -0.3 is 9.88 Å². The lowest BCUT2D eigenvalue weighted by Gasteiger charge is -2.31. The maximum atomic E-state index is 12.2. The van der Waals surface area contributed by atoms with Gasteiger partial charge in [0.25, 0.3) is 0 Å². The predicted octanol–water partition coefficient (Wildman–Crippen LogP) is 2.92. The fourth-order valence-electron chi connectivity index (χ4n) is 3.61. The molecule has 5 heteroatoms. The zero-order valence-corrected chi connectivity index (χ0v) is 15.9. The molecule has 5 nitrogen and oxygen atoms in total. The second-order valence-electron chi connectivity index (χ2n) is 7.37. The Bertz CT molecular complexity index is 702. The van der Waals surface area contributed by atoms with Gasteiger partial charge in [0.2, 0.25) is 5.91 Å². The number of carbonyl (C=O) groups is 1. The van der Waals surface area contributed by atoms with Crippen LogP contribution in [0, 0.1) is 19.8 Å². The van der Waals surface area contributed by atoms with E-state index in [0.29, 0.717) is 18.9 Å². The molecular weight excluding hydrogens is 324 g/mol. The number of benzene rings is 1. The van der Waals surface area contributed by atoms with E-state index in [1.54, 1.807) is 0 Å². The number of aromatic nitrogens is 2. The summed E-state index contributed by atoms with van der Waals surface area (Å²) in [5, 5.41) is 3.06. The molecule has 1 saturated heterocycles. The Morgan fingerprint density at radius 3 is 2.58 bits per heavy atom. The zero-order chi connectivity index (χ0) is 18.4. The molecule has 2 aromatic rings. The van der Waals surface area contributed by atoms with Crippen LogP contribution in [0.5, 0.6) is 0 Å². The number of amides is 1. The monoisotopic (exact) mass is 354 g/mol. The third-order valence-electron chi connectivity index (χ3n) is 5.45. The largest absolute Gasteiger partial charge is 0.354 e. The number of nitrogens with zero attached hydrogens (tertiary/aromatic N) is 3. The summed E-state index contributed by atoms with van der Waals surface area (Å²) in [7, 11) is 0. The summed E-state index contributed by atoms with van der Waals surface area (Å²) >= 11 is 0. The van der Waals surface area contributed by atoms with Crippen molar-refractivity contribution in [3.05, 3.63) is 53.6 Å². The van der Waals surface area contributed by atoms with Crippen molar-refractivity contribution < 1.29 is 4.79 Å². The Morgan fingerprint density at radius 1 is 1.19 bits per heavy atom. The van der Waals surface area contributed by atoms with Gasteiger partial charge in [-0.2, -0.15) is 0 Å². The molecule has 26 heavy (non-hydrogen) atoms. The van der Waals surface area contributed by atoms with E-state index in [1.165, 1.54) is 11.3 Å². The maximum absolute atomic E-state index is 12.2. The fraction of sp³-hybridized carbons (Fsp3) is 0.524. The van der Waals surface area contributed by atoms with Gasteiger partial charge >= 0.3 is 0 Å². The minimum Gasteiger partial charge on any atom is -0.354 e. The molecule has 3 rings (SSSR count). The molecule has 140 valence electrons. The van der Waals surface area contributed by atoms with Gasteiger partial charge in [-0.25, -0.2) is 4.98 Å². The fourth-order valence-corrected chi connectivity index (χ4v) is 3.61. The van der Waals surface area contributed by atoms with Crippen molar-refractivity contribution in [2.75, 3.05) is 19.6 Å². The van der Waals surface area contributed by atoms with Gasteiger partial charge in [-0.05, 0) is 51.3 Å². The molecule has 0 unspecified atom stereocenters. The zero-order valence-electron chi connectivity index (χ0n) is 15.9. The first-order valence-electron chi connectivity index (χ1n) is 9.63. The van der Waals surface area contributed by atoms with Crippen LogP contribution < -0.4 is 5.32 Å². The molecule has 0 atom stereocenters. The summed E-state index contributed by atoms with van der Waals surface area (Å²) in [4.78, 5) is 19.0. The molecule has 1 N–H and O–H groups in total. The van der Waals surface area contributed by atoms with Crippen LogP contribution >= 0.6 is 0 Å². The molecule has 0 bridgehead atoms. The Labute approximate surface area is 156 Å². The van der Waals surface area contributed by atoms with Crippen molar-refractivity contribution in [2.45, 2.75) is 46.2 Å². The quantitative estimate of drug-likeness (QED) is 0.832. The molecule has 2 heterocycles. The van der Waals surface area contributed by atoms with E-state index in [4.69, 9.17) is 0 Å². The van der Waals surface area contributed by atoms with E-state index in [2.05, 4.69) is 57.0 Å². The van der Waals surface area contributed by atoms with E-state index < -0.39 is 0 Å². The third kappa shape index (κ3) is 5.18. The first kappa shape index (κ1) is 18.6. The van der Waals surface area contributed by atoms with Gasteiger partial charge in [-0.3, -0.25) is 9.69 Å². The second kappa shape index (κ2) is 8.99. The van der Waals surface area contributed by atoms with Crippen LogP contribution in [0.1, 0.15) is 36.2 Å². The molecule has 0 radical (unpaired) electrons. The van der Waals surface area contributed by atoms with E-state index in [-0.39, 0.29) is 5.91 Å². The number of aryl methyl sites for hydroxylation is 1. The minimum atomic E-state index is 0.181. The summed E-state index contributed by atoms with van der Waals surface area (Å²) in [6, 6.07) is 10.6. The van der Waals surface area contributed by atoms with Crippen LogP contribution in [0.25, 0.3) is 0 Å². The van der Waals surface area contributed by atoms with Gasteiger partial charge in [0, 0.05) is 31.7 Å². The Morgan fingerprint density at radius 2 is 1.92 bits per heavy atom. The minimum absolute atomic E-state index is 0.181. The predicted molar refractivity (Wildman–Crippen MR) is 104 cm³/mol. The highest BCUT2D eigenvalue weighted by atomic mass is 16.1. The van der Waals surface area contributed by atoms with E-state index in [1.807, 2.05) is 13.3 Å². The number of imidazole rings is 1. The normalized spacial score (nSPS) is 15.9. The van der Waals surface area contributed by atoms with E-state index >= 15 is 0 Å². The lowest BCUT2D eigenvalue weighted by atomic mass is 9.93. The maximum Gasteiger partial charge on any atom is 0.220 e. The molecule has 1 aromatic heterocycles. The SMILES string of the molecule is Cc1ncn(CCNC(=O)CC2CCN(Cc3ccccc3)CC2)c1C. The number of hydrogen-bond acceptors (Lipinski definition) is 3. The van der Waals surface area contributed by atoms with Crippen LogP contribution in [0.3, 0.4) is 0 Å². The first-order chi connectivity index (χ1) is 12.6. The summed E-state index contributed by atoms with van der Waals surface area (Å²) in [5.41, 5.74) is 3.59. The number of piperidine rings is 1. The number of carbonyl (C=O) groups excluding carboxylic acids is 1. The molecule has 1 aliphatic rings. The van der Waals surface area contributed by atoms with Gasteiger partial charge in [-0.1, -0.05) is 30.3 Å². The van der Waals surface area contributed by atoms with Gasteiger partial charge in [-0.15, -0.1) is 0 Å². The lowest BCUT2D eigenvalue weighted by Crippen LogP contribution is -2.36. The second-order valence-corrected chi connectivity index (χ2v) is 7.37. The first-order valence-corrected chi connectivity index (χ1v) is 9.63. The highest BCUT2D eigenvalue weighted by Gasteiger charge is 2.21. The van der Waals surface area contributed by atoms with Crippen LogP contribution in [0.2, 0.25) is 0 Å². The molecule has 1 aromatic carbocycles. The summed E-state index contributed by atoms with van der Waals surface area (Å²) in [6.07, 6.45) is 4.72. The smallest absolute Gasteiger partial charge is 0.220 e. The molecule has 0 aliphatic carbocycles. The standard InChI is InChI=1S/C21H30N4O/c1-17-18(2)25(16-23-17)13-10-22-21(26)14-19-8-11-24(12-9-19)15-20-6-4-3-5-7-20/h3-7,16,19H,8-15H2,1-2H3,(H,22,26). The molecule has 1 aliphatic heterocycles. The van der Waals surface area contributed by atoms with Crippen molar-refractivity contribution in [1.29, 1.82) is 0 Å². The lowest BCUT2D eigenvalue weighted by molar-refractivity contribution is -0.122.